The van der Waals surface area contributed by atoms with Crippen LogP contribution in [0.15, 0.2) is 28.7 Å². The molecule has 0 amide bonds. The van der Waals surface area contributed by atoms with E-state index >= 15 is 0 Å². The van der Waals surface area contributed by atoms with Gasteiger partial charge in [0.2, 0.25) is 0 Å². The van der Waals surface area contributed by atoms with Crippen molar-refractivity contribution < 1.29 is 4.39 Å². The number of halogens is 2. The summed E-state index contributed by atoms with van der Waals surface area (Å²) in [6, 6.07) is 6.14. The molecule has 78 valence electrons. The van der Waals surface area contributed by atoms with E-state index in [2.05, 4.69) is 38.9 Å². The van der Waals surface area contributed by atoms with Crippen LogP contribution in [0, 0.1) is 5.82 Å². The molecule has 1 rings (SSSR count). The molecule has 3 nitrogen and oxygen atoms in total. The Bertz CT molecular complexity index is 251. The molecule has 0 heterocycles. The van der Waals surface area contributed by atoms with Crippen molar-refractivity contribution in [2.45, 2.75) is 0 Å². The Balaban J connectivity index is 0.000000255. The Hall–Kier alpha value is -0.720. The summed E-state index contributed by atoms with van der Waals surface area (Å²) in [5.74, 6) is 4.63. The first-order valence-corrected chi connectivity index (χ1v) is 4.89. The molecule has 0 atom stereocenters. The number of benzene rings is 1. The molecule has 0 unspecified atom stereocenters. The fourth-order valence-corrected chi connectivity index (χ4v) is 0.766. The van der Waals surface area contributed by atoms with Crippen molar-refractivity contribution in [3.8, 4) is 0 Å². The van der Waals surface area contributed by atoms with Crippen LogP contribution in [0.4, 0.5) is 4.39 Å². The lowest BCUT2D eigenvalue weighted by atomic mass is 10.4. The summed E-state index contributed by atoms with van der Waals surface area (Å²) < 4.78 is 13.0. The van der Waals surface area contributed by atoms with Crippen LogP contribution in [-0.2, 0) is 0 Å². The van der Waals surface area contributed by atoms with Crippen molar-refractivity contribution in [2.24, 2.45) is 5.84 Å². The van der Waals surface area contributed by atoms with Gasteiger partial charge in [-0.05, 0) is 36.5 Å². The second-order valence-corrected chi connectivity index (χ2v) is 3.48. The van der Waals surface area contributed by atoms with Crippen LogP contribution in [0.2, 0.25) is 0 Å². The summed E-state index contributed by atoms with van der Waals surface area (Å²) in [6.07, 6.45) is 0. The third kappa shape index (κ3) is 6.76. The van der Waals surface area contributed by atoms with Crippen LogP contribution in [0.3, 0.4) is 0 Å². The van der Waals surface area contributed by atoms with Crippen LogP contribution in [0.5, 0.6) is 0 Å². The molecule has 0 aliphatic heterocycles. The number of thiocarbonyl (C=S) groups is 1. The van der Waals surface area contributed by atoms with Gasteiger partial charge in [-0.3, -0.25) is 0 Å². The molecule has 1 aromatic rings. The molecule has 6 heteroatoms. The fourth-order valence-electron chi connectivity index (χ4n) is 0.502. The minimum Gasteiger partial charge on any atom is -0.365 e. The number of hydrazine groups is 1. The zero-order valence-corrected chi connectivity index (χ0v) is 9.95. The van der Waals surface area contributed by atoms with Crippen molar-refractivity contribution in [3.05, 3.63) is 34.6 Å². The Kier molecular flexibility index (Phi) is 7.27. The third-order valence-corrected chi connectivity index (χ3v) is 2.01. The maximum Gasteiger partial charge on any atom is 0.180 e. The van der Waals surface area contributed by atoms with E-state index in [-0.39, 0.29) is 5.82 Å². The normalized spacial score (nSPS) is 8.29. The van der Waals surface area contributed by atoms with Gasteiger partial charge >= 0.3 is 0 Å². The zero-order chi connectivity index (χ0) is 11.0. The van der Waals surface area contributed by atoms with Gasteiger partial charge in [-0.2, -0.15) is 0 Å². The minimum absolute atomic E-state index is 0.201. The molecule has 0 bridgehead atoms. The topological polar surface area (TPSA) is 50.1 Å². The highest BCUT2D eigenvalue weighted by atomic mass is 79.9. The number of nitrogens with one attached hydrogen (secondary N) is 2. The first-order valence-electron chi connectivity index (χ1n) is 3.69. The molecule has 0 saturated heterocycles. The van der Waals surface area contributed by atoms with Crippen LogP contribution < -0.4 is 16.6 Å². The van der Waals surface area contributed by atoms with Gasteiger partial charge in [-0.1, -0.05) is 15.9 Å². The molecule has 0 saturated carbocycles. The Morgan fingerprint density at radius 1 is 1.43 bits per heavy atom. The van der Waals surface area contributed by atoms with Gasteiger partial charge in [-0.25, -0.2) is 10.2 Å². The van der Waals surface area contributed by atoms with Crippen molar-refractivity contribution in [1.29, 1.82) is 0 Å². The summed E-state index contributed by atoms with van der Waals surface area (Å²) in [6.45, 7) is 0. The summed E-state index contributed by atoms with van der Waals surface area (Å²) >= 11 is 7.69. The lowest BCUT2D eigenvalue weighted by Crippen LogP contribution is -2.37. The molecule has 14 heavy (non-hydrogen) atoms. The monoisotopic (exact) mass is 279 g/mol. The summed E-state index contributed by atoms with van der Waals surface area (Å²) in [7, 11) is 1.70. The van der Waals surface area contributed by atoms with E-state index in [9.17, 15) is 4.39 Å². The summed E-state index contributed by atoms with van der Waals surface area (Å²) in [5, 5.41) is 3.06. The van der Waals surface area contributed by atoms with Gasteiger partial charge in [0, 0.05) is 11.5 Å². The first-order chi connectivity index (χ1) is 6.60. The molecule has 1 aromatic carbocycles. The number of hydrogen-bond donors (Lipinski definition) is 3. The van der Waals surface area contributed by atoms with Crippen molar-refractivity contribution in [1.82, 2.24) is 10.7 Å². The van der Waals surface area contributed by atoms with E-state index in [1.54, 1.807) is 19.2 Å². The van der Waals surface area contributed by atoms with Crippen LogP contribution >= 0.6 is 28.1 Å². The summed E-state index contributed by atoms with van der Waals surface area (Å²) in [4.78, 5) is 0. The molecule has 0 aliphatic carbocycles. The van der Waals surface area contributed by atoms with Gasteiger partial charge in [-0.15, -0.1) is 0 Å². The lowest BCUT2D eigenvalue weighted by molar-refractivity contribution is 0.627. The number of rotatable bonds is 0. The fraction of sp³-hybridized carbons (Fsp3) is 0.125. The largest absolute Gasteiger partial charge is 0.365 e. The Morgan fingerprint density at radius 2 is 1.93 bits per heavy atom. The zero-order valence-electron chi connectivity index (χ0n) is 7.55. The van der Waals surface area contributed by atoms with E-state index < -0.39 is 0 Å². The summed E-state index contributed by atoms with van der Waals surface area (Å²) in [5.41, 5.74) is 2.23. The predicted octanol–water partition coefficient (Wildman–Crippen LogP) is 1.54. The van der Waals surface area contributed by atoms with Gasteiger partial charge in [0.1, 0.15) is 5.82 Å². The van der Waals surface area contributed by atoms with E-state index in [0.717, 1.165) is 4.47 Å². The minimum atomic E-state index is -0.201. The molecule has 0 fully saturated rings. The standard InChI is InChI=1S/C6H4BrF.C2H7N3S/c7-5-1-3-6(8)4-2-5;1-4-2(6)5-3/h1-4H;3H2,1H3,(H2,4,5,6). The highest BCUT2D eigenvalue weighted by Crippen LogP contribution is 2.08. The van der Waals surface area contributed by atoms with Gasteiger partial charge in [0.25, 0.3) is 0 Å². The van der Waals surface area contributed by atoms with Gasteiger partial charge in [0.05, 0.1) is 0 Å². The average Bonchev–Trinajstić information content (AvgIpc) is 2.22. The van der Waals surface area contributed by atoms with Gasteiger partial charge in [0.15, 0.2) is 5.11 Å². The smallest absolute Gasteiger partial charge is 0.180 e. The Labute approximate surface area is 96.0 Å². The van der Waals surface area contributed by atoms with E-state index in [1.165, 1.54) is 12.1 Å². The first kappa shape index (κ1) is 13.3. The molecule has 0 radical (unpaired) electrons. The molecular weight excluding hydrogens is 269 g/mol. The molecular formula is C8H11BrFN3S. The van der Waals surface area contributed by atoms with Crippen molar-refractivity contribution in [2.75, 3.05) is 7.05 Å². The van der Waals surface area contributed by atoms with Crippen LogP contribution in [0.25, 0.3) is 0 Å². The second kappa shape index (κ2) is 7.66. The highest BCUT2D eigenvalue weighted by molar-refractivity contribution is 9.10. The van der Waals surface area contributed by atoms with E-state index in [0.29, 0.717) is 5.11 Å². The van der Waals surface area contributed by atoms with Gasteiger partial charge < -0.3 is 10.7 Å². The maximum absolute atomic E-state index is 12.1. The Morgan fingerprint density at radius 3 is 2.14 bits per heavy atom. The van der Waals surface area contributed by atoms with Crippen molar-refractivity contribution in [3.63, 3.8) is 0 Å². The van der Waals surface area contributed by atoms with E-state index in [4.69, 9.17) is 5.84 Å². The van der Waals surface area contributed by atoms with Crippen molar-refractivity contribution >= 4 is 33.3 Å². The SMILES string of the molecule is CNC(=S)NN.Fc1ccc(Br)cc1. The quantitative estimate of drug-likeness (QED) is 0.383. The second-order valence-electron chi connectivity index (χ2n) is 2.16. The lowest BCUT2D eigenvalue weighted by Gasteiger charge is -1.95. The number of hydrogen-bond acceptors (Lipinski definition) is 2. The number of nitrogens with two attached hydrogens (primary N) is 1. The third-order valence-electron chi connectivity index (χ3n) is 1.16. The highest BCUT2D eigenvalue weighted by Gasteiger charge is 1.84. The van der Waals surface area contributed by atoms with Crippen LogP contribution in [-0.4, -0.2) is 12.2 Å². The predicted molar refractivity (Wildman–Crippen MR) is 63.1 cm³/mol. The van der Waals surface area contributed by atoms with Crippen LogP contribution in [0.1, 0.15) is 0 Å². The maximum atomic E-state index is 12.1. The molecule has 4 N–H and O–H groups in total. The molecule has 0 aliphatic rings. The average molecular weight is 280 g/mol. The molecule has 0 aromatic heterocycles. The molecule has 0 spiro atoms. The van der Waals surface area contributed by atoms with E-state index in [1.807, 2.05) is 0 Å².